The maximum atomic E-state index is 13.5. The second-order valence-electron chi connectivity index (χ2n) is 9.39. The van der Waals surface area contributed by atoms with Gasteiger partial charge in [0, 0.05) is 35.5 Å². The number of aromatic nitrogens is 1. The Balaban J connectivity index is 1.67. The molecule has 0 spiro atoms. The van der Waals surface area contributed by atoms with Crippen LogP contribution in [0.1, 0.15) is 45.3 Å². The Labute approximate surface area is 170 Å². The Morgan fingerprint density at radius 3 is 2.83 bits per heavy atom. The Morgan fingerprint density at radius 2 is 2.10 bits per heavy atom. The summed E-state index contributed by atoms with van der Waals surface area (Å²) >= 11 is 0. The molecule has 5 atom stereocenters. The van der Waals surface area contributed by atoms with E-state index in [1.54, 1.807) is 13.3 Å². The second-order valence-corrected chi connectivity index (χ2v) is 9.39. The first-order valence-electron chi connectivity index (χ1n) is 10.2. The first-order valence-corrected chi connectivity index (χ1v) is 10.2. The third-order valence-corrected chi connectivity index (χ3v) is 6.68. The van der Waals surface area contributed by atoms with Gasteiger partial charge in [0.05, 0.1) is 12.6 Å². The SMILES string of the molecule is COc1ccc2nccc([C@@H]3O[C@]4(C(=O)C(C)(C)C)C(=O)[C@H]5CCN4[C@@H]3C5)c2c1. The normalized spacial score (nSPS) is 33.3. The fourth-order valence-electron chi connectivity index (χ4n) is 5.32. The van der Waals surface area contributed by atoms with Crippen LogP contribution in [0.15, 0.2) is 30.5 Å². The van der Waals surface area contributed by atoms with Crippen LogP contribution in [0.5, 0.6) is 5.75 Å². The molecule has 152 valence electrons. The van der Waals surface area contributed by atoms with Crippen molar-refractivity contribution >= 4 is 22.5 Å². The predicted octanol–water partition coefficient (Wildman–Crippen LogP) is 3.29. The summed E-state index contributed by atoms with van der Waals surface area (Å²) in [6, 6.07) is 7.71. The van der Waals surface area contributed by atoms with Crippen LogP contribution in [0.2, 0.25) is 0 Å². The molecule has 4 aliphatic rings. The molecule has 2 aromatic rings. The number of hydrogen-bond acceptors (Lipinski definition) is 6. The lowest BCUT2D eigenvalue weighted by Crippen LogP contribution is -2.69. The molecule has 6 nitrogen and oxygen atoms in total. The summed E-state index contributed by atoms with van der Waals surface area (Å²) < 4.78 is 11.9. The molecule has 0 aliphatic carbocycles. The van der Waals surface area contributed by atoms with E-state index in [0.29, 0.717) is 6.54 Å². The summed E-state index contributed by atoms with van der Waals surface area (Å²) in [5.41, 5.74) is -0.321. The van der Waals surface area contributed by atoms with Crippen LogP contribution in [0.3, 0.4) is 0 Å². The number of ketones is 2. The highest BCUT2D eigenvalue weighted by atomic mass is 16.6. The van der Waals surface area contributed by atoms with E-state index in [1.165, 1.54) is 0 Å². The van der Waals surface area contributed by atoms with Crippen LogP contribution in [0, 0.1) is 11.3 Å². The fourth-order valence-corrected chi connectivity index (χ4v) is 5.32. The lowest BCUT2D eigenvalue weighted by molar-refractivity contribution is -0.188. The van der Waals surface area contributed by atoms with Crippen molar-refractivity contribution in [2.75, 3.05) is 13.7 Å². The van der Waals surface area contributed by atoms with Gasteiger partial charge in [0.15, 0.2) is 11.6 Å². The summed E-state index contributed by atoms with van der Waals surface area (Å²) in [4.78, 5) is 33.4. The maximum absolute atomic E-state index is 13.5. The number of ether oxygens (including phenoxy) is 2. The molecular formula is C23H26N2O4. The molecule has 29 heavy (non-hydrogen) atoms. The average molecular weight is 394 g/mol. The van der Waals surface area contributed by atoms with Gasteiger partial charge in [0.1, 0.15) is 11.9 Å². The van der Waals surface area contributed by atoms with Crippen molar-refractivity contribution in [3.05, 3.63) is 36.0 Å². The summed E-state index contributed by atoms with van der Waals surface area (Å²) in [5, 5.41) is 0.937. The van der Waals surface area contributed by atoms with Gasteiger partial charge in [-0.25, -0.2) is 0 Å². The van der Waals surface area contributed by atoms with Crippen LogP contribution in [-0.2, 0) is 14.3 Å². The van der Waals surface area contributed by atoms with Crippen molar-refractivity contribution < 1.29 is 19.1 Å². The molecule has 0 amide bonds. The smallest absolute Gasteiger partial charge is 0.243 e. The molecule has 4 bridgehead atoms. The predicted molar refractivity (Wildman–Crippen MR) is 108 cm³/mol. The Hall–Kier alpha value is -2.31. The third-order valence-electron chi connectivity index (χ3n) is 6.68. The number of nitrogens with zero attached hydrogens (tertiary/aromatic N) is 2. The Kier molecular flexibility index (Phi) is 3.93. The molecule has 6 rings (SSSR count). The van der Waals surface area contributed by atoms with Crippen LogP contribution < -0.4 is 4.74 Å². The number of Topliss-reactive ketones (excluding diaryl/α,β-unsaturated/α-hetero) is 2. The van der Waals surface area contributed by atoms with Gasteiger partial charge in [-0.05, 0) is 42.7 Å². The van der Waals surface area contributed by atoms with Gasteiger partial charge in [-0.2, -0.15) is 0 Å². The van der Waals surface area contributed by atoms with Gasteiger partial charge in [-0.15, -0.1) is 0 Å². The lowest BCUT2D eigenvalue weighted by atomic mass is 9.71. The molecule has 4 fully saturated rings. The van der Waals surface area contributed by atoms with Crippen LogP contribution in [0.25, 0.3) is 10.9 Å². The second kappa shape index (κ2) is 6.09. The zero-order valence-corrected chi connectivity index (χ0v) is 17.3. The highest BCUT2D eigenvalue weighted by Gasteiger charge is 2.70. The van der Waals surface area contributed by atoms with E-state index in [0.717, 1.165) is 35.1 Å². The highest BCUT2D eigenvalue weighted by molar-refractivity contribution is 6.14. The summed E-state index contributed by atoms with van der Waals surface area (Å²) in [6.07, 6.45) is 2.95. The molecule has 0 N–H and O–H groups in total. The largest absolute Gasteiger partial charge is 0.497 e. The number of rotatable bonds is 3. The standard InChI is InChI=1S/C23H26N2O4/c1-22(2,3)21(27)23-20(26)13-8-10-25(23)18(11-13)19(29-23)15-7-9-24-17-6-5-14(28-4)12-16(15)17/h5-7,9,12-13,18-19H,8,10-11H2,1-4H3/t13-,18+,19-,23-/m0/s1. The van der Waals surface area contributed by atoms with E-state index >= 15 is 0 Å². The van der Waals surface area contributed by atoms with Crippen molar-refractivity contribution in [3.8, 4) is 5.75 Å². The van der Waals surface area contributed by atoms with Crippen molar-refractivity contribution in [3.63, 3.8) is 0 Å². The minimum Gasteiger partial charge on any atom is -0.497 e. The molecule has 0 saturated carbocycles. The van der Waals surface area contributed by atoms with Gasteiger partial charge in [0.25, 0.3) is 0 Å². The van der Waals surface area contributed by atoms with E-state index in [4.69, 9.17) is 9.47 Å². The maximum Gasteiger partial charge on any atom is 0.243 e. The zero-order chi connectivity index (χ0) is 20.6. The minimum atomic E-state index is -1.46. The van der Waals surface area contributed by atoms with Crippen LogP contribution >= 0.6 is 0 Å². The third kappa shape index (κ3) is 2.45. The number of carbonyl (C=O) groups excluding carboxylic acids is 2. The summed E-state index contributed by atoms with van der Waals surface area (Å²) in [6.45, 7) is 6.29. The van der Waals surface area contributed by atoms with Gasteiger partial charge >= 0.3 is 0 Å². The number of hydrogen-bond donors (Lipinski definition) is 0. The quantitative estimate of drug-likeness (QED) is 0.744. The Morgan fingerprint density at radius 1 is 1.31 bits per heavy atom. The summed E-state index contributed by atoms with van der Waals surface area (Å²) in [5.74, 6) is 0.441. The molecule has 0 radical (unpaired) electrons. The minimum absolute atomic E-state index is 0.00884. The van der Waals surface area contributed by atoms with Crippen molar-refractivity contribution in [2.45, 2.75) is 51.5 Å². The number of benzene rings is 1. The summed E-state index contributed by atoms with van der Waals surface area (Å²) in [7, 11) is 1.64. The fraction of sp³-hybridized carbons (Fsp3) is 0.522. The number of piperidine rings is 3. The number of methoxy groups -OCH3 is 1. The molecule has 5 heterocycles. The van der Waals surface area contributed by atoms with Crippen molar-refractivity contribution in [1.29, 1.82) is 0 Å². The molecule has 4 aliphatic heterocycles. The molecule has 6 heteroatoms. The van der Waals surface area contributed by atoms with Crippen molar-refractivity contribution in [2.24, 2.45) is 11.3 Å². The van der Waals surface area contributed by atoms with E-state index < -0.39 is 11.1 Å². The van der Waals surface area contributed by atoms with E-state index in [-0.39, 0.29) is 29.6 Å². The first-order chi connectivity index (χ1) is 13.8. The molecule has 1 aromatic heterocycles. The van der Waals surface area contributed by atoms with Gasteiger partial charge < -0.3 is 9.47 Å². The first kappa shape index (κ1) is 18.7. The number of fused-ring (bicyclic) bond motifs is 2. The highest BCUT2D eigenvalue weighted by Crippen LogP contribution is 2.55. The lowest BCUT2D eigenvalue weighted by Gasteiger charge is -2.49. The molecule has 1 unspecified atom stereocenters. The van der Waals surface area contributed by atoms with Gasteiger partial charge in [0.2, 0.25) is 5.72 Å². The number of carbonyl (C=O) groups is 2. The molecule has 1 aromatic carbocycles. The van der Waals surface area contributed by atoms with Crippen molar-refractivity contribution in [1.82, 2.24) is 9.88 Å². The van der Waals surface area contributed by atoms with Gasteiger partial charge in [-0.3, -0.25) is 19.5 Å². The number of pyridine rings is 1. The average Bonchev–Trinajstić information content (AvgIpc) is 3.01. The van der Waals surface area contributed by atoms with E-state index in [2.05, 4.69) is 4.98 Å². The van der Waals surface area contributed by atoms with Gasteiger partial charge in [-0.1, -0.05) is 20.8 Å². The molecular weight excluding hydrogens is 368 g/mol. The topological polar surface area (TPSA) is 68.7 Å². The molecule has 4 saturated heterocycles. The Bertz CT molecular complexity index is 1030. The van der Waals surface area contributed by atoms with Crippen LogP contribution in [-0.4, -0.2) is 46.9 Å². The monoisotopic (exact) mass is 394 g/mol. The zero-order valence-electron chi connectivity index (χ0n) is 17.3. The van der Waals surface area contributed by atoms with E-state index in [9.17, 15) is 9.59 Å². The van der Waals surface area contributed by atoms with E-state index in [1.807, 2.05) is 49.9 Å². The van der Waals surface area contributed by atoms with Crippen LogP contribution in [0.4, 0.5) is 0 Å².